The highest BCUT2D eigenvalue weighted by Gasteiger charge is 2.43. The van der Waals surface area contributed by atoms with Crippen LogP contribution in [0.5, 0.6) is 0 Å². The van der Waals surface area contributed by atoms with E-state index < -0.39 is 41.6 Å². The molecule has 3 amide bonds. The van der Waals surface area contributed by atoms with Gasteiger partial charge in [0.1, 0.15) is 17.7 Å². The first-order valence-corrected chi connectivity index (χ1v) is 15.5. The van der Waals surface area contributed by atoms with Gasteiger partial charge in [-0.25, -0.2) is 9.59 Å². The van der Waals surface area contributed by atoms with Gasteiger partial charge in [-0.05, 0) is 64.7 Å². The fourth-order valence-electron chi connectivity index (χ4n) is 5.12. The minimum atomic E-state index is -1.00. The van der Waals surface area contributed by atoms with Crippen molar-refractivity contribution in [2.45, 2.75) is 89.6 Å². The molecule has 1 saturated carbocycles. The van der Waals surface area contributed by atoms with Crippen LogP contribution in [0.2, 0.25) is 10.0 Å². The molecule has 0 bridgehead atoms. The van der Waals surface area contributed by atoms with Crippen LogP contribution in [-0.4, -0.2) is 76.7 Å². The summed E-state index contributed by atoms with van der Waals surface area (Å²) >= 11 is 12.2. The standard InChI is InChI=1S/C31H39Cl2N5O6/c1-5-43-29(41)24(13-18-9-11-20(12-10-18)36-28(40)26-22(32)15-34-16-23(26)33)37-27(39)25-14-21(35-19-7-6-8-19)17-38(25)30(42)44-31(2,3)4/h9-12,15-16,19,21,24-25,35H,5-8,13-14,17H2,1-4H3,(H,36,40)(H,37,39)/t21?,24-,25-/m0/s1. The van der Waals surface area contributed by atoms with E-state index in [2.05, 4.69) is 20.9 Å². The summed E-state index contributed by atoms with van der Waals surface area (Å²) in [5.74, 6) is -1.55. The highest BCUT2D eigenvalue weighted by atomic mass is 35.5. The molecule has 4 rings (SSSR count). The zero-order valence-corrected chi connectivity index (χ0v) is 26.8. The molecule has 11 nitrogen and oxygen atoms in total. The Balaban J connectivity index is 1.45. The fourth-order valence-corrected chi connectivity index (χ4v) is 5.66. The van der Waals surface area contributed by atoms with E-state index in [1.807, 2.05) is 0 Å². The average molecular weight is 649 g/mol. The number of rotatable bonds is 10. The second-order valence-corrected chi connectivity index (χ2v) is 12.8. The van der Waals surface area contributed by atoms with Crippen molar-refractivity contribution in [3.63, 3.8) is 0 Å². The van der Waals surface area contributed by atoms with Gasteiger partial charge in [0.05, 0.1) is 22.2 Å². The quantitative estimate of drug-likeness (QED) is 0.314. The molecule has 3 N–H and O–H groups in total. The molecule has 2 heterocycles. The minimum absolute atomic E-state index is 0.0655. The first-order chi connectivity index (χ1) is 20.8. The number of amides is 3. The number of esters is 1. The summed E-state index contributed by atoms with van der Waals surface area (Å²) in [5, 5.41) is 9.36. The van der Waals surface area contributed by atoms with Crippen molar-refractivity contribution in [3.05, 3.63) is 57.8 Å². The molecule has 2 aromatic rings. The molecule has 0 spiro atoms. The molecule has 1 unspecified atom stereocenters. The van der Waals surface area contributed by atoms with E-state index in [0.717, 1.165) is 19.3 Å². The van der Waals surface area contributed by atoms with Crippen molar-refractivity contribution in [3.8, 4) is 0 Å². The Morgan fingerprint density at radius 3 is 2.27 bits per heavy atom. The van der Waals surface area contributed by atoms with Crippen molar-refractivity contribution in [1.82, 2.24) is 20.5 Å². The average Bonchev–Trinajstić information content (AvgIpc) is 3.35. The lowest BCUT2D eigenvalue weighted by molar-refractivity contribution is -0.147. The molecule has 2 aliphatic rings. The predicted molar refractivity (Wildman–Crippen MR) is 167 cm³/mol. The molecule has 1 aromatic heterocycles. The third-order valence-electron chi connectivity index (χ3n) is 7.43. The van der Waals surface area contributed by atoms with E-state index in [-0.39, 0.29) is 34.7 Å². The zero-order valence-electron chi connectivity index (χ0n) is 25.3. The summed E-state index contributed by atoms with van der Waals surface area (Å²) in [4.78, 5) is 57.7. The highest BCUT2D eigenvalue weighted by Crippen LogP contribution is 2.27. The molecular weight excluding hydrogens is 609 g/mol. The lowest BCUT2D eigenvalue weighted by Crippen LogP contribution is -2.52. The number of nitrogens with zero attached hydrogens (tertiary/aromatic N) is 2. The molecule has 1 aliphatic heterocycles. The molecule has 44 heavy (non-hydrogen) atoms. The monoisotopic (exact) mass is 647 g/mol. The van der Waals surface area contributed by atoms with Gasteiger partial charge in [0.25, 0.3) is 5.91 Å². The number of hydrogen-bond acceptors (Lipinski definition) is 8. The van der Waals surface area contributed by atoms with Crippen LogP contribution in [0.25, 0.3) is 0 Å². The number of carbonyl (C=O) groups excluding carboxylic acids is 4. The Morgan fingerprint density at radius 1 is 1.05 bits per heavy atom. The van der Waals surface area contributed by atoms with Crippen molar-refractivity contribution in [2.75, 3.05) is 18.5 Å². The Labute approximate surface area is 267 Å². The number of anilines is 1. The van der Waals surface area contributed by atoms with Crippen molar-refractivity contribution < 1.29 is 28.7 Å². The molecule has 13 heteroatoms. The van der Waals surface area contributed by atoms with Gasteiger partial charge in [0.2, 0.25) is 5.91 Å². The summed E-state index contributed by atoms with van der Waals surface area (Å²) in [6, 6.07) is 5.28. The number of halogens is 2. The van der Waals surface area contributed by atoms with Crippen LogP contribution in [0.4, 0.5) is 10.5 Å². The highest BCUT2D eigenvalue weighted by molar-refractivity contribution is 6.40. The van der Waals surface area contributed by atoms with E-state index in [0.29, 0.717) is 30.3 Å². The van der Waals surface area contributed by atoms with Gasteiger partial charge in [-0.1, -0.05) is 41.8 Å². The third-order valence-corrected chi connectivity index (χ3v) is 8.00. The number of hydrogen-bond donors (Lipinski definition) is 3. The Hall–Kier alpha value is -3.41. The van der Waals surface area contributed by atoms with Crippen LogP contribution < -0.4 is 16.0 Å². The van der Waals surface area contributed by atoms with Gasteiger partial charge < -0.3 is 25.4 Å². The minimum Gasteiger partial charge on any atom is -0.464 e. The van der Waals surface area contributed by atoms with Gasteiger partial charge in [0, 0.05) is 43.1 Å². The third kappa shape index (κ3) is 8.83. The van der Waals surface area contributed by atoms with Crippen molar-refractivity contribution in [1.29, 1.82) is 0 Å². The van der Waals surface area contributed by atoms with Crippen LogP contribution in [0.15, 0.2) is 36.7 Å². The molecule has 2 fully saturated rings. The number of aromatic nitrogens is 1. The summed E-state index contributed by atoms with van der Waals surface area (Å²) < 4.78 is 10.9. The summed E-state index contributed by atoms with van der Waals surface area (Å²) in [7, 11) is 0. The van der Waals surface area contributed by atoms with E-state index in [9.17, 15) is 19.2 Å². The number of pyridine rings is 1. The molecular formula is C31H39Cl2N5O6. The molecule has 0 radical (unpaired) electrons. The number of carbonyl (C=O) groups is 4. The van der Waals surface area contributed by atoms with Gasteiger partial charge in [-0.3, -0.25) is 19.5 Å². The number of ether oxygens (including phenoxy) is 2. The van der Waals surface area contributed by atoms with Crippen LogP contribution in [0.1, 0.15) is 69.3 Å². The molecule has 1 saturated heterocycles. The second kappa shape index (κ2) is 14.6. The maximum Gasteiger partial charge on any atom is 0.411 e. The molecule has 3 atom stereocenters. The maximum absolute atomic E-state index is 13.6. The zero-order chi connectivity index (χ0) is 32.0. The van der Waals surface area contributed by atoms with Crippen LogP contribution in [0, 0.1) is 0 Å². The molecule has 1 aliphatic carbocycles. The SMILES string of the molecule is CCOC(=O)[C@H](Cc1ccc(NC(=O)c2c(Cl)cncc2Cl)cc1)NC(=O)[C@@H]1CC(NC2CCC2)CN1C(=O)OC(C)(C)C. The van der Waals surface area contributed by atoms with Gasteiger partial charge >= 0.3 is 12.1 Å². The largest absolute Gasteiger partial charge is 0.464 e. The van der Waals surface area contributed by atoms with Crippen molar-refractivity contribution >= 4 is 52.8 Å². The lowest BCUT2D eigenvalue weighted by Gasteiger charge is -2.30. The summed E-state index contributed by atoms with van der Waals surface area (Å²) in [5.41, 5.74) is 0.563. The number of likely N-dealkylation sites (tertiary alicyclic amines) is 1. The predicted octanol–water partition coefficient (Wildman–Crippen LogP) is 4.75. The lowest BCUT2D eigenvalue weighted by atomic mass is 9.92. The van der Waals surface area contributed by atoms with E-state index in [1.165, 1.54) is 17.3 Å². The van der Waals surface area contributed by atoms with E-state index >= 15 is 0 Å². The van der Waals surface area contributed by atoms with E-state index in [1.54, 1.807) is 52.0 Å². The van der Waals surface area contributed by atoms with Gasteiger partial charge in [0.15, 0.2) is 0 Å². The maximum atomic E-state index is 13.6. The van der Waals surface area contributed by atoms with Crippen LogP contribution in [0.3, 0.4) is 0 Å². The fraction of sp³-hybridized carbons (Fsp3) is 0.516. The van der Waals surface area contributed by atoms with Gasteiger partial charge in [-0.15, -0.1) is 0 Å². The normalized spacial score (nSPS) is 19.1. The van der Waals surface area contributed by atoms with Crippen LogP contribution in [-0.2, 0) is 25.5 Å². The molecule has 238 valence electrons. The van der Waals surface area contributed by atoms with Crippen molar-refractivity contribution in [2.24, 2.45) is 0 Å². The first-order valence-electron chi connectivity index (χ1n) is 14.8. The van der Waals surface area contributed by atoms with Gasteiger partial charge in [-0.2, -0.15) is 0 Å². The Kier molecular flexibility index (Phi) is 11.1. The number of benzene rings is 1. The topological polar surface area (TPSA) is 139 Å². The van der Waals surface area contributed by atoms with Crippen LogP contribution >= 0.6 is 23.2 Å². The summed E-state index contributed by atoms with van der Waals surface area (Å²) in [6.45, 7) is 7.48. The summed E-state index contributed by atoms with van der Waals surface area (Å²) in [6.07, 6.45) is 5.91. The van der Waals surface area contributed by atoms with E-state index in [4.69, 9.17) is 32.7 Å². The Morgan fingerprint density at radius 2 is 1.70 bits per heavy atom. The Bertz CT molecular complexity index is 1340. The molecule has 1 aromatic carbocycles. The smallest absolute Gasteiger partial charge is 0.411 e. The number of nitrogens with one attached hydrogen (secondary N) is 3. The second-order valence-electron chi connectivity index (χ2n) is 12.0. The first kappa shape index (κ1) is 33.5.